The predicted octanol–water partition coefficient (Wildman–Crippen LogP) is -0.590. The fraction of sp³-hybridized carbons (Fsp3) is 0.222. The minimum absolute atomic E-state index is 0.0209. The number of aliphatic carboxylic acids is 1. The van der Waals surface area contributed by atoms with Crippen LogP contribution in [0.25, 0.3) is 0 Å². The van der Waals surface area contributed by atoms with Gasteiger partial charge in [0.25, 0.3) is 0 Å². The Morgan fingerprint density at radius 1 is 1.31 bits per heavy atom. The van der Waals surface area contributed by atoms with E-state index >= 15 is 0 Å². The standard InChI is InChI=1S/C9H11NO5S/c11-8(9(12)13)6-10-16(14,15)7-4-2-1-3-5-7/h1-5,8,10-11H,6H2,(H,12,13)/t8-/m0/s1. The van der Waals surface area contributed by atoms with E-state index in [0.29, 0.717) is 0 Å². The van der Waals surface area contributed by atoms with Crippen molar-refractivity contribution in [3.05, 3.63) is 30.3 Å². The Balaban J connectivity index is 2.71. The monoisotopic (exact) mass is 245 g/mol. The molecule has 1 atom stereocenters. The van der Waals surface area contributed by atoms with Crippen LogP contribution in [0, 0.1) is 0 Å². The number of carboxylic acid groups (broad SMARTS) is 1. The van der Waals surface area contributed by atoms with Crippen molar-refractivity contribution in [1.82, 2.24) is 4.72 Å². The van der Waals surface area contributed by atoms with E-state index in [2.05, 4.69) is 0 Å². The zero-order valence-electron chi connectivity index (χ0n) is 8.20. The fourth-order valence-corrected chi connectivity index (χ4v) is 2.02. The van der Waals surface area contributed by atoms with Gasteiger partial charge in [-0.2, -0.15) is 0 Å². The van der Waals surface area contributed by atoms with Crippen molar-refractivity contribution in [1.29, 1.82) is 0 Å². The van der Waals surface area contributed by atoms with Gasteiger partial charge in [0.05, 0.1) is 4.90 Å². The first-order valence-electron chi connectivity index (χ1n) is 4.39. The van der Waals surface area contributed by atoms with Gasteiger partial charge >= 0.3 is 5.97 Å². The normalized spacial score (nSPS) is 13.3. The lowest BCUT2D eigenvalue weighted by Gasteiger charge is -2.08. The van der Waals surface area contributed by atoms with Gasteiger partial charge < -0.3 is 10.2 Å². The molecule has 0 fully saturated rings. The molecule has 0 unspecified atom stereocenters. The molecule has 0 bridgehead atoms. The number of hydrogen-bond donors (Lipinski definition) is 3. The van der Waals surface area contributed by atoms with Crippen molar-refractivity contribution in [3.63, 3.8) is 0 Å². The molecular weight excluding hydrogens is 234 g/mol. The van der Waals surface area contributed by atoms with Gasteiger partial charge in [-0.1, -0.05) is 18.2 Å². The van der Waals surface area contributed by atoms with Crippen molar-refractivity contribution >= 4 is 16.0 Å². The quantitative estimate of drug-likeness (QED) is 0.643. The van der Waals surface area contributed by atoms with Crippen LogP contribution in [0.1, 0.15) is 0 Å². The molecule has 16 heavy (non-hydrogen) atoms. The predicted molar refractivity (Wildman–Crippen MR) is 55.3 cm³/mol. The van der Waals surface area contributed by atoms with Crippen LogP contribution in [-0.4, -0.2) is 37.2 Å². The van der Waals surface area contributed by atoms with Crippen LogP contribution in [-0.2, 0) is 14.8 Å². The minimum Gasteiger partial charge on any atom is -0.479 e. The molecule has 7 heteroatoms. The van der Waals surface area contributed by atoms with Crippen molar-refractivity contribution < 1.29 is 23.4 Å². The second kappa shape index (κ2) is 5.06. The highest BCUT2D eigenvalue weighted by atomic mass is 32.2. The molecule has 0 aliphatic rings. The summed E-state index contributed by atoms with van der Waals surface area (Å²) in [5.41, 5.74) is 0. The van der Waals surface area contributed by atoms with Gasteiger partial charge in [0, 0.05) is 6.54 Å². The summed E-state index contributed by atoms with van der Waals surface area (Å²) in [7, 11) is -3.76. The first-order chi connectivity index (χ1) is 7.43. The van der Waals surface area contributed by atoms with Crippen LogP contribution < -0.4 is 4.72 Å². The summed E-state index contributed by atoms with van der Waals surface area (Å²) >= 11 is 0. The molecule has 0 aliphatic heterocycles. The number of aliphatic hydroxyl groups excluding tert-OH is 1. The zero-order valence-corrected chi connectivity index (χ0v) is 9.02. The van der Waals surface area contributed by atoms with E-state index in [1.165, 1.54) is 12.1 Å². The Kier molecular flexibility index (Phi) is 3.99. The number of carbonyl (C=O) groups is 1. The summed E-state index contributed by atoms with van der Waals surface area (Å²) in [6.45, 7) is -0.563. The number of nitrogens with one attached hydrogen (secondary N) is 1. The molecule has 0 radical (unpaired) electrons. The molecule has 1 aromatic rings. The molecule has 0 saturated carbocycles. The second-order valence-corrected chi connectivity index (χ2v) is 4.79. The van der Waals surface area contributed by atoms with E-state index in [0.717, 1.165) is 0 Å². The lowest BCUT2D eigenvalue weighted by Crippen LogP contribution is -2.36. The SMILES string of the molecule is O=C(O)[C@@H](O)CNS(=O)(=O)c1ccccc1. The number of aliphatic hydroxyl groups is 1. The zero-order chi connectivity index (χ0) is 12.2. The molecule has 3 N–H and O–H groups in total. The van der Waals surface area contributed by atoms with Gasteiger partial charge in [-0.15, -0.1) is 0 Å². The van der Waals surface area contributed by atoms with Gasteiger partial charge in [-0.05, 0) is 12.1 Å². The molecule has 0 heterocycles. The van der Waals surface area contributed by atoms with Gasteiger partial charge in [-0.3, -0.25) is 0 Å². The third kappa shape index (κ3) is 3.30. The van der Waals surface area contributed by atoms with Crippen molar-refractivity contribution in [3.8, 4) is 0 Å². The summed E-state index contributed by atoms with van der Waals surface area (Å²) < 4.78 is 25.1. The topological polar surface area (TPSA) is 104 Å². The van der Waals surface area contributed by atoms with E-state index in [9.17, 15) is 13.2 Å². The molecule has 1 aromatic carbocycles. The maximum absolute atomic E-state index is 11.5. The molecule has 6 nitrogen and oxygen atoms in total. The Bertz CT molecular complexity index is 456. The summed E-state index contributed by atoms with van der Waals surface area (Å²) in [5.74, 6) is -1.48. The Morgan fingerprint density at radius 2 is 1.88 bits per heavy atom. The highest BCUT2D eigenvalue weighted by Crippen LogP contribution is 2.06. The molecule has 0 amide bonds. The average Bonchev–Trinajstić information content (AvgIpc) is 2.27. The van der Waals surface area contributed by atoms with Crippen LogP contribution in [0.15, 0.2) is 35.2 Å². The number of sulfonamides is 1. The lowest BCUT2D eigenvalue weighted by molar-refractivity contribution is -0.146. The van der Waals surface area contributed by atoms with Crippen LogP contribution in [0.5, 0.6) is 0 Å². The van der Waals surface area contributed by atoms with E-state index in [4.69, 9.17) is 10.2 Å². The van der Waals surface area contributed by atoms with Crippen molar-refractivity contribution in [2.45, 2.75) is 11.0 Å². The summed E-state index contributed by atoms with van der Waals surface area (Å²) in [5, 5.41) is 17.3. The molecule has 0 aliphatic carbocycles. The van der Waals surface area contributed by atoms with Gasteiger partial charge in [0.1, 0.15) is 0 Å². The molecule has 88 valence electrons. The Morgan fingerprint density at radius 3 is 2.38 bits per heavy atom. The van der Waals surface area contributed by atoms with Gasteiger partial charge in [-0.25, -0.2) is 17.9 Å². The molecule has 1 rings (SSSR count). The lowest BCUT2D eigenvalue weighted by atomic mass is 10.4. The second-order valence-electron chi connectivity index (χ2n) is 3.02. The first kappa shape index (κ1) is 12.6. The summed E-state index contributed by atoms with van der Waals surface area (Å²) in [6, 6.07) is 7.49. The fourth-order valence-electron chi connectivity index (χ4n) is 0.959. The Hall–Kier alpha value is -1.44. The Labute approximate surface area is 92.6 Å². The van der Waals surface area contributed by atoms with Crippen molar-refractivity contribution in [2.75, 3.05) is 6.54 Å². The third-order valence-electron chi connectivity index (χ3n) is 1.81. The van der Waals surface area contributed by atoms with Crippen molar-refractivity contribution in [2.24, 2.45) is 0 Å². The number of benzene rings is 1. The number of carboxylic acids is 1. The van der Waals surface area contributed by atoms with Gasteiger partial charge in [0.15, 0.2) is 6.10 Å². The molecule has 0 saturated heterocycles. The van der Waals surface area contributed by atoms with Crippen LogP contribution >= 0.6 is 0 Å². The van der Waals surface area contributed by atoms with Crippen LogP contribution in [0.2, 0.25) is 0 Å². The highest BCUT2D eigenvalue weighted by molar-refractivity contribution is 7.89. The van der Waals surface area contributed by atoms with E-state index in [-0.39, 0.29) is 4.90 Å². The third-order valence-corrected chi connectivity index (χ3v) is 3.24. The molecule has 0 spiro atoms. The van der Waals surface area contributed by atoms with E-state index < -0.39 is 28.6 Å². The number of rotatable bonds is 5. The van der Waals surface area contributed by atoms with Crippen LogP contribution in [0.3, 0.4) is 0 Å². The van der Waals surface area contributed by atoms with Gasteiger partial charge in [0.2, 0.25) is 10.0 Å². The molecule has 0 aromatic heterocycles. The highest BCUT2D eigenvalue weighted by Gasteiger charge is 2.18. The summed E-state index contributed by atoms with van der Waals surface area (Å²) in [4.78, 5) is 10.3. The van der Waals surface area contributed by atoms with Crippen LogP contribution in [0.4, 0.5) is 0 Å². The maximum atomic E-state index is 11.5. The molecular formula is C9H11NO5S. The number of hydrogen-bond acceptors (Lipinski definition) is 4. The average molecular weight is 245 g/mol. The van der Waals surface area contributed by atoms with E-state index in [1.54, 1.807) is 18.2 Å². The van der Waals surface area contributed by atoms with E-state index in [1.807, 2.05) is 4.72 Å². The first-order valence-corrected chi connectivity index (χ1v) is 5.87. The smallest absolute Gasteiger partial charge is 0.333 e. The maximum Gasteiger partial charge on any atom is 0.333 e. The largest absolute Gasteiger partial charge is 0.479 e. The summed E-state index contributed by atoms with van der Waals surface area (Å²) in [6.07, 6.45) is -1.75. The minimum atomic E-state index is -3.76.